The predicted molar refractivity (Wildman–Crippen MR) is 97.6 cm³/mol. The van der Waals surface area contributed by atoms with Crippen molar-refractivity contribution >= 4 is 33.5 Å². The van der Waals surface area contributed by atoms with E-state index in [1.807, 2.05) is 30.8 Å². The largest absolute Gasteiger partial charge is 0.322 e. The minimum absolute atomic E-state index is 0.0780. The van der Waals surface area contributed by atoms with E-state index in [4.69, 9.17) is 0 Å². The normalized spacial score (nSPS) is 11.4. The Kier molecular flexibility index (Phi) is 3.84. The van der Waals surface area contributed by atoms with Gasteiger partial charge in [0.2, 0.25) is 0 Å². The maximum atomic E-state index is 14.3. The van der Waals surface area contributed by atoms with Crippen LogP contribution in [0.25, 0.3) is 21.9 Å². The molecule has 26 heavy (non-hydrogen) atoms. The summed E-state index contributed by atoms with van der Waals surface area (Å²) in [5, 5.41) is 8.18. The van der Waals surface area contributed by atoms with Gasteiger partial charge in [0.15, 0.2) is 0 Å². The number of carbonyl (C=O) groups is 1. The quantitative estimate of drug-likeness (QED) is 0.608. The summed E-state index contributed by atoms with van der Waals surface area (Å²) >= 11 is 0. The van der Waals surface area contributed by atoms with E-state index in [0.29, 0.717) is 16.7 Å². The summed E-state index contributed by atoms with van der Waals surface area (Å²) in [7, 11) is 0. The predicted octanol–water partition coefficient (Wildman–Crippen LogP) is 3.95. The summed E-state index contributed by atoms with van der Waals surface area (Å²) in [4.78, 5) is 20.6. The molecule has 1 N–H and O–H groups in total. The van der Waals surface area contributed by atoms with Crippen LogP contribution in [0.4, 0.5) is 10.1 Å². The van der Waals surface area contributed by atoms with Crippen molar-refractivity contribution < 1.29 is 9.18 Å². The van der Waals surface area contributed by atoms with Crippen molar-refractivity contribution in [3.8, 4) is 0 Å². The molecule has 7 heteroatoms. The zero-order valence-electron chi connectivity index (χ0n) is 14.3. The number of nitrogens with zero attached hydrogens (tertiary/aromatic N) is 4. The van der Waals surface area contributed by atoms with Crippen molar-refractivity contribution in [2.24, 2.45) is 0 Å². The van der Waals surface area contributed by atoms with E-state index in [9.17, 15) is 9.18 Å². The Morgan fingerprint density at radius 1 is 1.08 bits per heavy atom. The number of aromatic nitrogens is 4. The molecule has 130 valence electrons. The Hall–Kier alpha value is -3.35. The highest BCUT2D eigenvalue weighted by molar-refractivity contribution is 6.06. The molecule has 0 aliphatic rings. The van der Waals surface area contributed by atoms with Crippen LogP contribution in [-0.4, -0.2) is 25.7 Å². The van der Waals surface area contributed by atoms with Crippen LogP contribution in [0.15, 0.2) is 48.9 Å². The number of carbonyl (C=O) groups excluding carboxylic acids is 1. The van der Waals surface area contributed by atoms with Gasteiger partial charge in [-0.2, -0.15) is 5.10 Å². The Morgan fingerprint density at radius 2 is 1.81 bits per heavy atom. The third kappa shape index (κ3) is 2.88. The lowest BCUT2D eigenvalue weighted by atomic mass is 10.1. The Labute approximate surface area is 148 Å². The third-order valence-corrected chi connectivity index (χ3v) is 4.11. The molecule has 4 rings (SSSR count). The minimum atomic E-state index is -0.638. The summed E-state index contributed by atoms with van der Waals surface area (Å²) in [5.41, 5.74) is 2.11. The van der Waals surface area contributed by atoms with Crippen molar-refractivity contribution in [1.29, 1.82) is 0 Å². The molecule has 6 nitrogen and oxygen atoms in total. The van der Waals surface area contributed by atoms with Crippen LogP contribution in [0.1, 0.15) is 30.2 Å². The van der Waals surface area contributed by atoms with E-state index >= 15 is 0 Å². The number of hydrogen-bond donors (Lipinski definition) is 1. The fourth-order valence-corrected chi connectivity index (χ4v) is 2.74. The summed E-state index contributed by atoms with van der Waals surface area (Å²) in [6.07, 6.45) is 4.93. The molecule has 0 aliphatic heterocycles. The Morgan fingerprint density at radius 3 is 2.54 bits per heavy atom. The summed E-state index contributed by atoms with van der Waals surface area (Å²) in [6, 6.07) is 8.27. The van der Waals surface area contributed by atoms with Crippen LogP contribution in [0, 0.1) is 5.82 Å². The lowest BCUT2D eigenvalue weighted by Gasteiger charge is -2.07. The van der Waals surface area contributed by atoms with E-state index in [2.05, 4.69) is 20.4 Å². The van der Waals surface area contributed by atoms with E-state index < -0.39 is 11.7 Å². The fourth-order valence-electron chi connectivity index (χ4n) is 2.74. The van der Waals surface area contributed by atoms with Gasteiger partial charge >= 0.3 is 0 Å². The highest BCUT2D eigenvalue weighted by Gasteiger charge is 2.15. The summed E-state index contributed by atoms with van der Waals surface area (Å²) in [6.45, 7) is 4.08. The number of benzene rings is 2. The van der Waals surface area contributed by atoms with Gasteiger partial charge in [0.25, 0.3) is 5.91 Å². The van der Waals surface area contributed by atoms with Gasteiger partial charge in [0.05, 0.1) is 22.1 Å². The molecule has 0 saturated heterocycles. The van der Waals surface area contributed by atoms with Crippen molar-refractivity contribution in [2.45, 2.75) is 19.9 Å². The van der Waals surface area contributed by atoms with Crippen molar-refractivity contribution in [3.63, 3.8) is 0 Å². The first-order valence-electron chi connectivity index (χ1n) is 8.22. The van der Waals surface area contributed by atoms with Crippen LogP contribution in [-0.2, 0) is 0 Å². The molecule has 0 atom stereocenters. The molecule has 4 aromatic rings. The van der Waals surface area contributed by atoms with E-state index in [1.54, 1.807) is 12.1 Å². The van der Waals surface area contributed by atoms with Gasteiger partial charge in [-0.25, -0.2) is 4.39 Å². The van der Waals surface area contributed by atoms with Crippen LogP contribution in [0.3, 0.4) is 0 Å². The van der Waals surface area contributed by atoms with Gasteiger partial charge in [-0.1, -0.05) is 0 Å². The first kappa shape index (κ1) is 16.1. The maximum Gasteiger partial charge on any atom is 0.258 e. The molecule has 2 aromatic heterocycles. The van der Waals surface area contributed by atoms with Crippen molar-refractivity contribution in [2.75, 3.05) is 5.32 Å². The van der Waals surface area contributed by atoms with Crippen molar-refractivity contribution in [1.82, 2.24) is 19.7 Å². The smallest absolute Gasteiger partial charge is 0.258 e. The van der Waals surface area contributed by atoms with Crippen molar-refractivity contribution in [3.05, 3.63) is 60.3 Å². The van der Waals surface area contributed by atoms with Crippen LogP contribution in [0.5, 0.6) is 0 Å². The van der Waals surface area contributed by atoms with E-state index in [1.165, 1.54) is 24.5 Å². The van der Waals surface area contributed by atoms with Gasteiger partial charge in [0, 0.05) is 41.8 Å². The standard InChI is InChI=1S/C19H16FN5O/c1-11(2)25-10-12-3-4-13(7-16(12)24-25)23-19(26)14-8-17-18(9-15(14)20)22-6-5-21-17/h3-11H,1-2H3,(H,23,26). The number of nitrogens with one attached hydrogen (secondary N) is 1. The molecule has 0 radical (unpaired) electrons. The SMILES string of the molecule is CC(C)n1cc2ccc(NC(=O)c3cc4nccnc4cc3F)cc2n1. The maximum absolute atomic E-state index is 14.3. The molecule has 1 amide bonds. The molecule has 2 aromatic carbocycles. The number of halogens is 1. The fraction of sp³-hybridized carbons (Fsp3) is 0.158. The highest BCUT2D eigenvalue weighted by atomic mass is 19.1. The number of fused-ring (bicyclic) bond motifs is 2. The number of amides is 1. The van der Waals surface area contributed by atoms with Gasteiger partial charge < -0.3 is 5.32 Å². The van der Waals surface area contributed by atoms with Gasteiger partial charge in [-0.3, -0.25) is 19.4 Å². The molecule has 2 heterocycles. The first-order valence-corrected chi connectivity index (χ1v) is 8.22. The van der Waals surface area contributed by atoms with E-state index in [-0.39, 0.29) is 11.6 Å². The number of hydrogen-bond acceptors (Lipinski definition) is 4. The third-order valence-electron chi connectivity index (χ3n) is 4.11. The molecular weight excluding hydrogens is 333 g/mol. The molecule has 0 bridgehead atoms. The van der Waals surface area contributed by atoms with E-state index in [0.717, 1.165) is 10.9 Å². The molecule has 0 aliphatic carbocycles. The monoisotopic (exact) mass is 349 g/mol. The average molecular weight is 349 g/mol. The molecule has 0 saturated carbocycles. The van der Waals surface area contributed by atoms with Crippen LogP contribution >= 0.6 is 0 Å². The zero-order valence-corrected chi connectivity index (χ0v) is 14.3. The van der Waals surface area contributed by atoms with Crippen LogP contribution in [0.2, 0.25) is 0 Å². The Bertz CT molecular complexity index is 1140. The number of rotatable bonds is 3. The van der Waals surface area contributed by atoms with Gasteiger partial charge in [-0.05, 0) is 38.1 Å². The average Bonchev–Trinajstić information content (AvgIpc) is 3.04. The first-order chi connectivity index (χ1) is 12.5. The number of anilines is 1. The minimum Gasteiger partial charge on any atom is -0.322 e. The second-order valence-corrected chi connectivity index (χ2v) is 6.31. The highest BCUT2D eigenvalue weighted by Crippen LogP contribution is 2.21. The molecule has 0 spiro atoms. The van der Waals surface area contributed by atoms with Gasteiger partial charge in [0.1, 0.15) is 5.82 Å². The lowest BCUT2D eigenvalue weighted by Crippen LogP contribution is -2.14. The second kappa shape index (κ2) is 6.18. The molecular formula is C19H16FN5O. The molecule has 0 unspecified atom stereocenters. The zero-order chi connectivity index (χ0) is 18.3. The van der Waals surface area contributed by atoms with Crippen LogP contribution < -0.4 is 5.32 Å². The van der Waals surface area contributed by atoms with Gasteiger partial charge in [-0.15, -0.1) is 0 Å². The summed E-state index contributed by atoms with van der Waals surface area (Å²) in [5.74, 6) is -1.18. The second-order valence-electron chi connectivity index (χ2n) is 6.31. The topological polar surface area (TPSA) is 72.7 Å². The Balaban J connectivity index is 1.65. The lowest BCUT2D eigenvalue weighted by molar-refractivity contribution is 0.102. The summed E-state index contributed by atoms with van der Waals surface area (Å²) < 4.78 is 16.1. The molecule has 0 fully saturated rings.